The van der Waals surface area contributed by atoms with Gasteiger partial charge in [-0.25, -0.2) is 4.98 Å². The van der Waals surface area contributed by atoms with Crippen LogP contribution in [-0.4, -0.2) is 34.8 Å². The van der Waals surface area contributed by atoms with E-state index in [1.165, 1.54) is 0 Å². The number of aromatic nitrogens is 1. The van der Waals surface area contributed by atoms with Gasteiger partial charge in [-0.1, -0.05) is 46.3 Å². The summed E-state index contributed by atoms with van der Waals surface area (Å²) in [5, 5.41) is 2.86. The maximum absolute atomic E-state index is 13.2. The van der Waals surface area contributed by atoms with E-state index < -0.39 is 0 Å². The van der Waals surface area contributed by atoms with Crippen LogP contribution in [0.1, 0.15) is 28.8 Å². The van der Waals surface area contributed by atoms with E-state index in [4.69, 9.17) is 4.74 Å². The smallest absolute Gasteiger partial charge is 0.257 e. The lowest BCUT2D eigenvalue weighted by atomic mass is 9.95. The van der Waals surface area contributed by atoms with Crippen LogP contribution in [0.5, 0.6) is 5.75 Å². The highest BCUT2D eigenvalue weighted by Gasteiger charge is 2.29. The molecule has 0 unspecified atom stereocenters. The molecule has 0 bridgehead atoms. The fourth-order valence-corrected chi connectivity index (χ4v) is 4.18. The molecular weight excluding hydrogens is 470 g/mol. The number of likely N-dealkylation sites (tertiary alicyclic amines) is 1. The number of hydrogen-bond donors (Lipinski definition) is 1. The van der Waals surface area contributed by atoms with Gasteiger partial charge in [0.25, 0.3) is 5.91 Å². The summed E-state index contributed by atoms with van der Waals surface area (Å²) in [7, 11) is 0. The van der Waals surface area contributed by atoms with Gasteiger partial charge >= 0.3 is 0 Å². The first-order valence-electron chi connectivity index (χ1n) is 10.6. The first kappa shape index (κ1) is 22.0. The number of para-hydroxylation sites is 1. The van der Waals surface area contributed by atoms with E-state index in [2.05, 4.69) is 26.2 Å². The summed E-state index contributed by atoms with van der Waals surface area (Å²) in [6, 6.07) is 20.6. The number of benzene rings is 2. The fraction of sp³-hybridized carbons (Fsp3) is 0.240. The largest absolute Gasteiger partial charge is 0.488 e. The van der Waals surface area contributed by atoms with Crippen LogP contribution < -0.4 is 10.1 Å². The Bertz CT molecular complexity index is 1080. The molecule has 1 N–H and O–H groups in total. The van der Waals surface area contributed by atoms with Crippen molar-refractivity contribution in [2.24, 2.45) is 5.92 Å². The van der Waals surface area contributed by atoms with Crippen LogP contribution in [0.3, 0.4) is 0 Å². The Morgan fingerprint density at radius 1 is 1.03 bits per heavy atom. The molecule has 2 aromatic carbocycles. The van der Waals surface area contributed by atoms with Gasteiger partial charge in [0.2, 0.25) is 5.91 Å². The summed E-state index contributed by atoms with van der Waals surface area (Å²) >= 11 is 3.46. The molecule has 1 fully saturated rings. The topological polar surface area (TPSA) is 71.5 Å². The monoisotopic (exact) mass is 493 g/mol. The summed E-state index contributed by atoms with van der Waals surface area (Å²) < 4.78 is 6.96. The lowest BCUT2D eigenvalue weighted by molar-refractivity contribution is -0.121. The van der Waals surface area contributed by atoms with E-state index in [9.17, 15) is 9.59 Å². The summed E-state index contributed by atoms with van der Waals surface area (Å²) in [5.74, 6) is 0.857. The lowest BCUT2D eigenvalue weighted by Crippen LogP contribution is -2.41. The second kappa shape index (κ2) is 10.4. The van der Waals surface area contributed by atoms with E-state index in [1.54, 1.807) is 29.3 Å². The van der Waals surface area contributed by atoms with Crippen LogP contribution in [-0.2, 0) is 11.4 Å². The van der Waals surface area contributed by atoms with Crippen molar-refractivity contribution in [1.82, 2.24) is 9.88 Å². The third-order valence-electron chi connectivity index (χ3n) is 5.47. The Kier molecular flexibility index (Phi) is 7.17. The van der Waals surface area contributed by atoms with Crippen molar-refractivity contribution in [2.45, 2.75) is 19.4 Å². The Morgan fingerprint density at radius 3 is 2.56 bits per heavy atom. The van der Waals surface area contributed by atoms with Gasteiger partial charge in [0.15, 0.2) is 0 Å². The molecule has 32 heavy (non-hydrogen) atoms. The number of amides is 2. The molecule has 1 saturated heterocycles. The minimum absolute atomic E-state index is 0.0476. The van der Waals surface area contributed by atoms with Gasteiger partial charge in [-0.05, 0) is 54.8 Å². The number of nitrogens with zero attached hydrogens (tertiary/aromatic N) is 2. The zero-order chi connectivity index (χ0) is 22.3. The maximum Gasteiger partial charge on any atom is 0.257 e. The Labute approximate surface area is 195 Å². The second-order valence-corrected chi connectivity index (χ2v) is 8.60. The van der Waals surface area contributed by atoms with Crippen LogP contribution in [0, 0.1) is 5.92 Å². The number of carbonyl (C=O) groups is 2. The molecule has 1 aliphatic heterocycles. The van der Waals surface area contributed by atoms with Crippen LogP contribution in [0.15, 0.2) is 77.4 Å². The van der Waals surface area contributed by atoms with E-state index in [1.807, 2.05) is 48.5 Å². The summed E-state index contributed by atoms with van der Waals surface area (Å²) in [4.78, 5) is 31.7. The molecule has 0 aliphatic carbocycles. The third kappa shape index (κ3) is 5.53. The number of pyridine rings is 1. The van der Waals surface area contributed by atoms with E-state index in [0.717, 1.165) is 10.0 Å². The van der Waals surface area contributed by atoms with Gasteiger partial charge < -0.3 is 15.0 Å². The molecule has 0 spiro atoms. The highest BCUT2D eigenvalue weighted by Crippen LogP contribution is 2.25. The lowest BCUT2D eigenvalue weighted by Gasteiger charge is -2.31. The minimum Gasteiger partial charge on any atom is -0.488 e. The van der Waals surface area contributed by atoms with E-state index in [0.29, 0.717) is 49.7 Å². The highest BCUT2D eigenvalue weighted by atomic mass is 79.9. The van der Waals surface area contributed by atoms with Gasteiger partial charge in [-0.2, -0.15) is 0 Å². The molecule has 6 nitrogen and oxygen atoms in total. The quantitative estimate of drug-likeness (QED) is 0.529. The van der Waals surface area contributed by atoms with Crippen molar-refractivity contribution < 1.29 is 14.3 Å². The molecule has 0 atom stereocenters. The van der Waals surface area contributed by atoms with Crippen molar-refractivity contribution >= 4 is 33.6 Å². The van der Waals surface area contributed by atoms with Crippen LogP contribution in [0.4, 0.5) is 5.82 Å². The van der Waals surface area contributed by atoms with Gasteiger partial charge in [0.1, 0.15) is 18.2 Å². The average molecular weight is 494 g/mol. The van der Waals surface area contributed by atoms with Crippen molar-refractivity contribution in [3.63, 3.8) is 0 Å². The van der Waals surface area contributed by atoms with Crippen molar-refractivity contribution in [3.05, 3.63) is 88.5 Å². The number of piperidine rings is 1. The predicted octanol–water partition coefficient (Wildman–Crippen LogP) is 4.91. The number of nitrogens with one attached hydrogen (secondary N) is 1. The Balaban J connectivity index is 1.35. The Hall–Kier alpha value is -3.19. The molecule has 4 rings (SSSR count). The zero-order valence-electron chi connectivity index (χ0n) is 17.5. The molecule has 1 aliphatic rings. The van der Waals surface area contributed by atoms with Gasteiger partial charge in [0.05, 0.1) is 5.56 Å². The molecule has 0 radical (unpaired) electrons. The van der Waals surface area contributed by atoms with Gasteiger partial charge in [0, 0.05) is 29.7 Å². The van der Waals surface area contributed by atoms with Crippen LogP contribution >= 0.6 is 15.9 Å². The number of halogens is 1. The van der Waals surface area contributed by atoms with Crippen molar-refractivity contribution in [3.8, 4) is 5.75 Å². The SMILES string of the molecule is O=C(Nc1ccccn1)C1CCN(C(=O)c2ccccc2OCc2cccc(Br)c2)CC1. The zero-order valence-corrected chi connectivity index (χ0v) is 19.1. The van der Waals surface area contributed by atoms with Crippen LogP contribution in [0.2, 0.25) is 0 Å². The normalized spacial score (nSPS) is 14.1. The van der Waals surface area contributed by atoms with E-state index >= 15 is 0 Å². The van der Waals surface area contributed by atoms with E-state index in [-0.39, 0.29) is 17.7 Å². The number of hydrogen-bond acceptors (Lipinski definition) is 4. The first-order chi connectivity index (χ1) is 15.6. The summed E-state index contributed by atoms with van der Waals surface area (Å²) in [5.41, 5.74) is 1.56. The second-order valence-electron chi connectivity index (χ2n) is 7.69. The number of ether oxygens (including phenoxy) is 1. The maximum atomic E-state index is 13.2. The van der Waals surface area contributed by atoms with Gasteiger partial charge in [-0.3, -0.25) is 9.59 Å². The number of anilines is 1. The predicted molar refractivity (Wildman–Crippen MR) is 126 cm³/mol. The minimum atomic E-state index is -0.135. The number of rotatable bonds is 6. The molecule has 164 valence electrons. The molecule has 0 saturated carbocycles. The average Bonchev–Trinajstić information content (AvgIpc) is 2.83. The summed E-state index contributed by atoms with van der Waals surface area (Å²) in [6.45, 7) is 1.43. The summed E-state index contributed by atoms with van der Waals surface area (Å²) in [6.07, 6.45) is 2.88. The molecule has 2 heterocycles. The van der Waals surface area contributed by atoms with Crippen molar-refractivity contribution in [2.75, 3.05) is 18.4 Å². The highest BCUT2D eigenvalue weighted by molar-refractivity contribution is 9.10. The molecule has 7 heteroatoms. The third-order valence-corrected chi connectivity index (χ3v) is 5.96. The number of carbonyl (C=O) groups excluding carboxylic acids is 2. The van der Waals surface area contributed by atoms with Crippen molar-refractivity contribution in [1.29, 1.82) is 0 Å². The molecule has 2 amide bonds. The molecule has 1 aromatic heterocycles. The van der Waals surface area contributed by atoms with Gasteiger partial charge in [-0.15, -0.1) is 0 Å². The van der Waals surface area contributed by atoms with Crippen LogP contribution in [0.25, 0.3) is 0 Å². The molecule has 3 aromatic rings. The molecular formula is C25H24BrN3O3. The first-order valence-corrected chi connectivity index (χ1v) is 11.4. The Morgan fingerprint density at radius 2 is 1.81 bits per heavy atom. The standard InChI is InChI=1S/C25H24BrN3O3/c26-20-7-5-6-18(16-20)17-32-22-9-2-1-8-21(22)25(31)29-14-11-19(12-15-29)24(30)28-23-10-3-4-13-27-23/h1-10,13,16,19H,11-12,14-15,17H2,(H,27,28,30). The fourth-order valence-electron chi connectivity index (χ4n) is 3.74.